The third kappa shape index (κ3) is 3.43. The topological polar surface area (TPSA) is 40.0 Å². The average molecular weight is 267 g/mol. The second-order valence-electron chi connectivity index (χ2n) is 4.77. The van der Waals surface area contributed by atoms with Gasteiger partial charge in [-0.05, 0) is 39.2 Å². The first kappa shape index (κ1) is 13.3. The molecule has 2 rings (SSSR count). The Balaban J connectivity index is 1.96. The van der Waals surface area contributed by atoms with Crippen LogP contribution in [0.1, 0.15) is 6.42 Å². The van der Waals surface area contributed by atoms with Gasteiger partial charge < -0.3 is 10.2 Å². The highest BCUT2D eigenvalue weighted by Gasteiger charge is 2.26. The van der Waals surface area contributed by atoms with Gasteiger partial charge in [-0.3, -0.25) is 9.98 Å². The summed E-state index contributed by atoms with van der Waals surface area (Å²) < 4.78 is 0. The summed E-state index contributed by atoms with van der Waals surface area (Å²) in [7, 11) is 4.15. The smallest absolute Gasteiger partial charge is 0.111 e. The molecular formula is C13H19ClN4. The van der Waals surface area contributed by atoms with Gasteiger partial charge in [0.2, 0.25) is 0 Å². The van der Waals surface area contributed by atoms with Crippen molar-refractivity contribution in [3.63, 3.8) is 0 Å². The molecule has 0 saturated heterocycles. The standard InChI is InChI=1S/C13H19ClN4/c1-18(2)7-3-6-15-13-11-5-4-10(14)8-12(11)16-9-17-13/h4-5,8-9,11-12H,3,6-7H2,1-2H3,(H,15,16,17)/t11-,12-/m0/s1. The van der Waals surface area contributed by atoms with E-state index in [0.717, 1.165) is 30.4 Å². The molecule has 1 aliphatic heterocycles. The number of hydrogen-bond donors (Lipinski definition) is 1. The lowest BCUT2D eigenvalue weighted by atomic mass is 9.93. The van der Waals surface area contributed by atoms with Crippen molar-refractivity contribution in [1.29, 1.82) is 0 Å². The number of halogens is 1. The van der Waals surface area contributed by atoms with E-state index in [2.05, 4.69) is 40.4 Å². The van der Waals surface area contributed by atoms with E-state index in [0.29, 0.717) is 0 Å². The quantitative estimate of drug-likeness (QED) is 0.786. The minimum absolute atomic E-state index is 0.0938. The number of allylic oxidation sites excluding steroid dienone is 2. The minimum Gasteiger partial charge on any atom is -0.335 e. The molecule has 0 aromatic carbocycles. The third-order valence-electron chi connectivity index (χ3n) is 2.98. The molecule has 18 heavy (non-hydrogen) atoms. The lowest BCUT2D eigenvalue weighted by Crippen LogP contribution is -2.40. The number of nitrogens with one attached hydrogen (secondary N) is 1. The maximum atomic E-state index is 5.98. The number of hydrogen-bond acceptors (Lipinski definition) is 3. The zero-order valence-corrected chi connectivity index (χ0v) is 11.6. The molecule has 0 bridgehead atoms. The van der Waals surface area contributed by atoms with Crippen LogP contribution in [0.3, 0.4) is 0 Å². The average Bonchev–Trinajstić information content (AvgIpc) is 2.34. The predicted octanol–water partition coefficient (Wildman–Crippen LogP) is 1.65. The van der Waals surface area contributed by atoms with Gasteiger partial charge in [0.25, 0.3) is 0 Å². The largest absolute Gasteiger partial charge is 0.335 e. The number of fused-ring (bicyclic) bond motifs is 1. The second-order valence-corrected chi connectivity index (χ2v) is 5.21. The van der Waals surface area contributed by atoms with E-state index in [1.54, 1.807) is 6.34 Å². The summed E-state index contributed by atoms with van der Waals surface area (Å²) in [5.41, 5.74) is 0. The van der Waals surface area contributed by atoms with E-state index in [-0.39, 0.29) is 12.0 Å². The lowest BCUT2D eigenvalue weighted by molar-refractivity contribution is 0.403. The molecule has 98 valence electrons. The maximum absolute atomic E-state index is 5.98. The molecule has 0 radical (unpaired) electrons. The molecule has 2 atom stereocenters. The third-order valence-corrected chi connectivity index (χ3v) is 3.23. The Bertz CT molecular complexity index is 409. The zero-order chi connectivity index (χ0) is 13.0. The molecule has 0 aromatic heterocycles. The fourth-order valence-electron chi connectivity index (χ4n) is 2.04. The fraction of sp³-hybridized carbons (Fsp3) is 0.538. The Morgan fingerprint density at radius 1 is 1.50 bits per heavy atom. The van der Waals surface area contributed by atoms with E-state index in [9.17, 15) is 0 Å². The van der Waals surface area contributed by atoms with Crippen molar-refractivity contribution in [3.8, 4) is 0 Å². The summed E-state index contributed by atoms with van der Waals surface area (Å²) in [5, 5.41) is 3.89. The van der Waals surface area contributed by atoms with E-state index < -0.39 is 0 Å². The van der Waals surface area contributed by atoms with Gasteiger partial charge in [-0.25, -0.2) is 0 Å². The predicted molar refractivity (Wildman–Crippen MR) is 77.5 cm³/mol. The van der Waals surface area contributed by atoms with E-state index in [1.807, 2.05) is 12.2 Å². The van der Waals surface area contributed by atoms with Crippen LogP contribution in [0.2, 0.25) is 0 Å². The summed E-state index contributed by atoms with van der Waals surface area (Å²) in [6.45, 7) is 1.89. The van der Waals surface area contributed by atoms with Gasteiger partial charge in [-0.1, -0.05) is 17.7 Å². The van der Waals surface area contributed by atoms with Gasteiger partial charge in [0.15, 0.2) is 0 Å². The van der Waals surface area contributed by atoms with Crippen molar-refractivity contribution in [2.75, 3.05) is 27.2 Å². The van der Waals surface area contributed by atoms with Crippen LogP contribution < -0.4 is 5.32 Å². The van der Waals surface area contributed by atoms with Crippen LogP contribution in [0.15, 0.2) is 33.2 Å². The van der Waals surface area contributed by atoms with E-state index in [1.165, 1.54) is 0 Å². The van der Waals surface area contributed by atoms with Crippen LogP contribution in [-0.4, -0.2) is 50.3 Å². The van der Waals surface area contributed by atoms with Crippen LogP contribution >= 0.6 is 11.6 Å². The van der Waals surface area contributed by atoms with Crippen LogP contribution in [0.5, 0.6) is 0 Å². The number of aliphatic imine (C=N–C) groups is 2. The molecule has 0 saturated carbocycles. The van der Waals surface area contributed by atoms with Crippen molar-refractivity contribution in [2.45, 2.75) is 12.5 Å². The molecule has 2 aliphatic rings. The zero-order valence-electron chi connectivity index (χ0n) is 10.8. The molecule has 1 aliphatic carbocycles. The Morgan fingerprint density at radius 3 is 3.11 bits per heavy atom. The lowest BCUT2D eigenvalue weighted by Gasteiger charge is -2.27. The highest BCUT2D eigenvalue weighted by atomic mass is 35.5. The Morgan fingerprint density at radius 2 is 2.33 bits per heavy atom. The van der Waals surface area contributed by atoms with E-state index in [4.69, 9.17) is 11.6 Å². The number of nitrogens with zero attached hydrogens (tertiary/aromatic N) is 3. The van der Waals surface area contributed by atoms with Gasteiger partial charge >= 0.3 is 0 Å². The van der Waals surface area contributed by atoms with Crippen molar-refractivity contribution in [3.05, 3.63) is 23.3 Å². The van der Waals surface area contributed by atoms with E-state index >= 15 is 0 Å². The Labute approximate surface area is 113 Å². The normalized spacial score (nSPS) is 28.2. The van der Waals surface area contributed by atoms with Crippen LogP contribution in [0.4, 0.5) is 0 Å². The molecule has 1 heterocycles. The first-order valence-electron chi connectivity index (χ1n) is 6.19. The minimum atomic E-state index is 0.0938. The molecule has 5 heteroatoms. The van der Waals surface area contributed by atoms with Crippen molar-refractivity contribution >= 4 is 23.8 Å². The summed E-state index contributed by atoms with van der Waals surface area (Å²) in [4.78, 5) is 11.2. The highest BCUT2D eigenvalue weighted by Crippen LogP contribution is 2.24. The molecule has 0 fully saturated rings. The van der Waals surface area contributed by atoms with Gasteiger partial charge in [0.1, 0.15) is 5.84 Å². The first-order valence-corrected chi connectivity index (χ1v) is 6.57. The molecule has 1 N–H and O–H groups in total. The van der Waals surface area contributed by atoms with Crippen molar-refractivity contribution in [2.24, 2.45) is 15.9 Å². The van der Waals surface area contributed by atoms with Crippen molar-refractivity contribution in [1.82, 2.24) is 10.2 Å². The summed E-state index contributed by atoms with van der Waals surface area (Å²) >= 11 is 5.98. The van der Waals surface area contributed by atoms with Gasteiger partial charge in [-0.2, -0.15) is 0 Å². The van der Waals surface area contributed by atoms with Gasteiger partial charge in [-0.15, -0.1) is 0 Å². The SMILES string of the molecule is CN(C)CCCN=C1NC=N[C@H]2C=C(Cl)C=C[C@H]12. The van der Waals surface area contributed by atoms with Gasteiger partial charge in [0.05, 0.1) is 18.3 Å². The number of amidine groups is 1. The first-order chi connectivity index (χ1) is 8.66. The van der Waals surface area contributed by atoms with Crippen LogP contribution in [-0.2, 0) is 0 Å². The fourth-order valence-corrected chi connectivity index (χ4v) is 2.25. The van der Waals surface area contributed by atoms with Crippen LogP contribution in [0.25, 0.3) is 0 Å². The van der Waals surface area contributed by atoms with Crippen molar-refractivity contribution < 1.29 is 0 Å². The Hall–Kier alpha value is -1.13. The van der Waals surface area contributed by atoms with Gasteiger partial charge in [0, 0.05) is 11.6 Å². The summed E-state index contributed by atoms with van der Waals surface area (Å²) in [6, 6.07) is 0.0938. The second kappa shape index (κ2) is 6.16. The monoisotopic (exact) mass is 266 g/mol. The number of rotatable bonds is 4. The highest BCUT2D eigenvalue weighted by molar-refractivity contribution is 6.31. The molecule has 0 amide bonds. The molecule has 4 nitrogen and oxygen atoms in total. The maximum Gasteiger partial charge on any atom is 0.111 e. The molecule has 0 unspecified atom stereocenters. The molecule has 0 aromatic rings. The Kier molecular flexibility index (Phi) is 4.55. The summed E-state index contributed by atoms with van der Waals surface area (Å²) in [5.74, 6) is 1.20. The molecule has 0 spiro atoms. The van der Waals surface area contributed by atoms with Crippen LogP contribution in [0, 0.1) is 5.92 Å². The molecular weight excluding hydrogens is 248 g/mol. The summed E-state index contributed by atoms with van der Waals surface area (Å²) in [6.07, 6.45) is 8.74.